The normalized spacial score (nSPS) is 18.2. The summed E-state index contributed by atoms with van der Waals surface area (Å²) in [5.41, 5.74) is -1.24. The van der Waals surface area contributed by atoms with Crippen molar-refractivity contribution in [3.63, 3.8) is 0 Å². The fourth-order valence-electron chi connectivity index (χ4n) is 1.53. The van der Waals surface area contributed by atoms with Gasteiger partial charge in [-0.05, 0) is 0 Å². The number of carboxylic acid groups (broad SMARTS) is 1. The second-order valence-electron chi connectivity index (χ2n) is 3.56. The highest BCUT2D eigenvalue weighted by Crippen LogP contribution is 2.17. The molecule has 96 valence electrons. The first-order valence-corrected chi connectivity index (χ1v) is 4.87. The number of carbonyl (C=O) groups excluding carboxylic acids is 1. The molecule has 0 saturated carbocycles. The molecule has 2 N–H and O–H groups in total. The van der Waals surface area contributed by atoms with Crippen LogP contribution in [0, 0.1) is 10.1 Å². The average molecular weight is 256 g/mol. The summed E-state index contributed by atoms with van der Waals surface area (Å²) >= 11 is 0. The smallest absolute Gasteiger partial charge is 0.407 e. The van der Waals surface area contributed by atoms with Crippen LogP contribution >= 0.6 is 0 Å². The Labute approximate surface area is 99.3 Å². The maximum atomic E-state index is 10.8. The number of hydrogen-bond acceptors (Lipinski definition) is 6. The number of amides is 1. The van der Waals surface area contributed by atoms with Crippen LogP contribution in [-0.4, -0.2) is 44.5 Å². The molecule has 1 aromatic rings. The lowest BCUT2D eigenvalue weighted by molar-refractivity contribution is -0.385. The van der Waals surface area contributed by atoms with Gasteiger partial charge in [-0.2, -0.15) is 5.10 Å². The van der Waals surface area contributed by atoms with Crippen LogP contribution in [0.25, 0.3) is 0 Å². The molecule has 1 unspecified atom stereocenters. The van der Waals surface area contributed by atoms with E-state index in [-0.39, 0.29) is 13.1 Å². The van der Waals surface area contributed by atoms with Crippen molar-refractivity contribution in [2.75, 3.05) is 6.54 Å². The molecule has 1 aliphatic rings. The first-order valence-electron chi connectivity index (χ1n) is 4.87. The Morgan fingerprint density at radius 2 is 2.50 bits per heavy atom. The second kappa shape index (κ2) is 4.31. The second-order valence-corrected chi connectivity index (χ2v) is 3.56. The Morgan fingerprint density at radius 1 is 1.78 bits per heavy atom. The first kappa shape index (κ1) is 11.8. The van der Waals surface area contributed by atoms with Gasteiger partial charge in [-0.1, -0.05) is 0 Å². The molecule has 2 rings (SSSR count). The molecule has 10 nitrogen and oxygen atoms in total. The number of nitro groups is 1. The molecule has 1 fully saturated rings. The van der Waals surface area contributed by atoms with E-state index in [1.54, 1.807) is 0 Å². The predicted molar refractivity (Wildman–Crippen MR) is 54.1 cm³/mol. The Balaban J connectivity index is 2.19. The van der Waals surface area contributed by atoms with E-state index in [9.17, 15) is 19.7 Å². The van der Waals surface area contributed by atoms with Gasteiger partial charge >= 0.3 is 17.7 Å². The van der Waals surface area contributed by atoms with Crippen LogP contribution in [0.1, 0.15) is 10.5 Å². The number of rotatable bonds is 4. The van der Waals surface area contributed by atoms with Gasteiger partial charge in [-0.25, -0.2) is 9.59 Å². The molecule has 0 aliphatic carbocycles. The fraction of sp³-hybridized carbons (Fsp3) is 0.375. The number of nitrogens with one attached hydrogen (secondary N) is 1. The number of nitrogens with zero attached hydrogens (tertiary/aromatic N) is 3. The third-order valence-corrected chi connectivity index (χ3v) is 2.28. The summed E-state index contributed by atoms with van der Waals surface area (Å²) in [5, 5.41) is 25.4. The standard InChI is InChI=1S/C8H8N4O6/c13-7(14)6-5(12(16)17)3-11(10-6)2-4-1-9-8(15)18-4/h3-4H,1-2H2,(H,9,15)(H,13,14). The van der Waals surface area contributed by atoms with Gasteiger partial charge in [0.1, 0.15) is 12.3 Å². The molecular weight excluding hydrogens is 248 g/mol. The summed E-state index contributed by atoms with van der Waals surface area (Å²) in [6.45, 7) is 0.293. The number of cyclic esters (lactones) is 1. The number of carbonyl (C=O) groups is 2. The van der Waals surface area contributed by atoms with Crippen LogP contribution in [0.4, 0.5) is 10.5 Å². The summed E-state index contributed by atoms with van der Waals surface area (Å²) in [6, 6.07) is 0. The van der Waals surface area contributed by atoms with E-state index < -0.39 is 34.5 Å². The lowest BCUT2D eigenvalue weighted by atomic mass is 10.3. The Bertz CT molecular complexity index is 492. The number of aromatic carboxylic acids is 1. The van der Waals surface area contributed by atoms with Crippen molar-refractivity contribution >= 4 is 17.7 Å². The highest BCUT2D eigenvalue weighted by Gasteiger charge is 2.28. The highest BCUT2D eigenvalue weighted by atomic mass is 16.6. The summed E-state index contributed by atoms with van der Waals surface area (Å²) in [7, 11) is 0. The van der Waals surface area contributed by atoms with Gasteiger partial charge in [0.15, 0.2) is 0 Å². The van der Waals surface area contributed by atoms with Crippen LogP contribution in [0.2, 0.25) is 0 Å². The molecular formula is C8H8N4O6. The lowest BCUT2D eigenvalue weighted by Gasteiger charge is -2.06. The molecule has 1 saturated heterocycles. The summed E-state index contributed by atoms with van der Waals surface area (Å²) in [5.74, 6) is -1.48. The van der Waals surface area contributed by atoms with E-state index in [4.69, 9.17) is 9.84 Å². The van der Waals surface area contributed by atoms with Crippen molar-refractivity contribution in [3.05, 3.63) is 22.0 Å². The molecule has 1 aromatic heterocycles. The molecule has 0 aromatic carbocycles. The molecule has 1 aliphatic heterocycles. The SMILES string of the molecule is O=C1NCC(Cn2cc([N+](=O)[O-])c(C(=O)O)n2)O1. The van der Waals surface area contributed by atoms with E-state index in [1.807, 2.05) is 0 Å². The van der Waals surface area contributed by atoms with E-state index >= 15 is 0 Å². The highest BCUT2D eigenvalue weighted by molar-refractivity contribution is 5.89. The molecule has 0 bridgehead atoms. The monoisotopic (exact) mass is 256 g/mol. The van der Waals surface area contributed by atoms with Crippen molar-refractivity contribution in [1.29, 1.82) is 0 Å². The number of ether oxygens (including phenoxy) is 1. The minimum atomic E-state index is -1.48. The molecule has 18 heavy (non-hydrogen) atoms. The lowest BCUT2D eigenvalue weighted by Crippen LogP contribution is -2.21. The van der Waals surface area contributed by atoms with E-state index in [0.29, 0.717) is 0 Å². The number of carboxylic acids is 1. The third kappa shape index (κ3) is 2.21. The molecule has 1 atom stereocenters. The minimum absolute atomic E-state index is 0.0485. The van der Waals surface area contributed by atoms with Gasteiger partial charge < -0.3 is 15.2 Å². The minimum Gasteiger partial charge on any atom is -0.476 e. The van der Waals surface area contributed by atoms with Gasteiger partial charge in [-0.3, -0.25) is 14.8 Å². The van der Waals surface area contributed by atoms with Crippen molar-refractivity contribution in [2.45, 2.75) is 12.6 Å². The molecule has 1 amide bonds. The van der Waals surface area contributed by atoms with Gasteiger partial charge in [0.2, 0.25) is 5.69 Å². The molecule has 0 radical (unpaired) electrons. The van der Waals surface area contributed by atoms with Crippen molar-refractivity contribution < 1.29 is 24.4 Å². The van der Waals surface area contributed by atoms with Crippen LogP contribution < -0.4 is 5.32 Å². The molecule has 0 spiro atoms. The number of alkyl carbamates (subject to hydrolysis) is 1. The van der Waals surface area contributed by atoms with Crippen LogP contribution in [0.3, 0.4) is 0 Å². The van der Waals surface area contributed by atoms with Gasteiger partial charge in [0.05, 0.1) is 18.0 Å². The fourth-order valence-corrected chi connectivity index (χ4v) is 1.53. The zero-order valence-corrected chi connectivity index (χ0v) is 8.90. The Morgan fingerprint density at radius 3 is 2.94 bits per heavy atom. The average Bonchev–Trinajstić information content (AvgIpc) is 2.85. The van der Waals surface area contributed by atoms with E-state index in [1.165, 1.54) is 0 Å². The van der Waals surface area contributed by atoms with Crippen LogP contribution in [-0.2, 0) is 11.3 Å². The van der Waals surface area contributed by atoms with Gasteiger partial charge in [-0.15, -0.1) is 0 Å². The van der Waals surface area contributed by atoms with Crippen molar-refractivity contribution in [3.8, 4) is 0 Å². The largest absolute Gasteiger partial charge is 0.476 e. The predicted octanol–water partition coefficient (Wildman–Crippen LogP) is -0.402. The number of hydrogen-bond donors (Lipinski definition) is 2. The van der Waals surface area contributed by atoms with Crippen molar-refractivity contribution in [2.24, 2.45) is 0 Å². The zero-order chi connectivity index (χ0) is 13.3. The Kier molecular flexibility index (Phi) is 2.83. The summed E-state index contributed by atoms with van der Waals surface area (Å²) < 4.78 is 5.88. The first-order chi connectivity index (χ1) is 8.47. The maximum Gasteiger partial charge on any atom is 0.407 e. The third-order valence-electron chi connectivity index (χ3n) is 2.28. The molecule has 2 heterocycles. The quantitative estimate of drug-likeness (QED) is 0.552. The Hall–Kier alpha value is -2.65. The maximum absolute atomic E-state index is 10.8. The summed E-state index contributed by atoms with van der Waals surface area (Å²) in [4.78, 5) is 31.3. The summed E-state index contributed by atoms with van der Waals surface area (Å²) in [6.07, 6.45) is -0.117. The number of aromatic nitrogens is 2. The van der Waals surface area contributed by atoms with Crippen LogP contribution in [0.15, 0.2) is 6.20 Å². The zero-order valence-electron chi connectivity index (χ0n) is 8.90. The topological polar surface area (TPSA) is 137 Å². The van der Waals surface area contributed by atoms with E-state index in [2.05, 4.69) is 10.4 Å². The van der Waals surface area contributed by atoms with Crippen LogP contribution in [0.5, 0.6) is 0 Å². The van der Waals surface area contributed by atoms with Crippen molar-refractivity contribution in [1.82, 2.24) is 15.1 Å². The molecule has 10 heteroatoms. The van der Waals surface area contributed by atoms with Gasteiger partial charge in [0, 0.05) is 0 Å². The van der Waals surface area contributed by atoms with E-state index in [0.717, 1.165) is 10.9 Å². The van der Waals surface area contributed by atoms with Gasteiger partial charge in [0.25, 0.3) is 0 Å².